The molecule has 0 bridgehead atoms. The number of ether oxygens (including phenoxy) is 1. The van der Waals surface area contributed by atoms with Gasteiger partial charge in [-0.3, -0.25) is 14.7 Å². The molecule has 1 aromatic carbocycles. The number of nitrogens with zero attached hydrogens (tertiary/aromatic N) is 3. The number of carbonyl (C=O) groups is 1. The van der Waals surface area contributed by atoms with Gasteiger partial charge in [0, 0.05) is 50.5 Å². The van der Waals surface area contributed by atoms with E-state index < -0.39 is 0 Å². The van der Waals surface area contributed by atoms with Crippen molar-refractivity contribution in [2.24, 2.45) is 0 Å². The molecule has 140 valence electrons. The van der Waals surface area contributed by atoms with Gasteiger partial charge in [0.2, 0.25) is 0 Å². The van der Waals surface area contributed by atoms with Crippen molar-refractivity contribution in [1.82, 2.24) is 14.8 Å². The van der Waals surface area contributed by atoms with E-state index in [0.717, 1.165) is 30.8 Å². The Balaban J connectivity index is 1.48. The zero-order valence-corrected chi connectivity index (χ0v) is 15.6. The van der Waals surface area contributed by atoms with Crippen molar-refractivity contribution in [2.75, 3.05) is 33.3 Å². The number of furan rings is 1. The molecule has 6 nitrogen and oxygen atoms in total. The zero-order valence-electron chi connectivity index (χ0n) is 15.6. The summed E-state index contributed by atoms with van der Waals surface area (Å²) in [5, 5.41) is 0.814. The van der Waals surface area contributed by atoms with Crippen molar-refractivity contribution >= 4 is 16.9 Å². The van der Waals surface area contributed by atoms with Crippen LogP contribution in [0.25, 0.3) is 11.0 Å². The molecule has 0 saturated carbocycles. The highest BCUT2D eigenvalue weighted by Gasteiger charge is 2.27. The standard InChI is InChI=1S/C21H23N3O3/c1-15-20(18-12-17(26-2)5-6-19(18)27-15)21(25)24-10-8-23(9-11-24)14-16-4-3-7-22-13-16/h3-7,12-13H,8-11,14H2,1-2H3. The molecule has 0 unspecified atom stereocenters. The van der Waals surface area contributed by atoms with Crippen LogP contribution >= 0.6 is 0 Å². The van der Waals surface area contributed by atoms with Gasteiger partial charge in [-0.25, -0.2) is 0 Å². The summed E-state index contributed by atoms with van der Waals surface area (Å²) in [4.78, 5) is 21.6. The second-order valence-corrected chi connectivity index (χ2v) is 6.82. The minimum Gasteiger partial charge on any atom is -0.497 e. The summed E-state index contributed by atoms with van der Waals surface area (Å²) in [6.45, 7) is 5.81. The molecular formula is C21H23N3O3. The van der Waals surface area contributed by atoms with E-state index in [2.05, 4.69) is 16.0 Å². The summed E-state index contributed by atoms with van der Waals surface area (Å²) >= 11 is 0. The Bertz CT molecular complexity index is 944. The highest BCUT2D eigenvalue weighted by Crippen LogP contribution is 2.30. The van der Waals surface area contributed by atoms with Gasteiger partial charge in [-0.05, 0) is 36.8 Å². The van der Waals surface area contributed by atoms with Crippen LogP contribution in [0.4, 0.5) is 0 Å². The highest BCUT2D eigenvalue weighted by molar-refractivity contribution is 6.07. The number of aromatic nitrogens is 1. The van der Waals surface area contributed by atoms with Gasteiger partial charge in [-0.2, -0.15) is 0 Å². The van der Waals surface area contributed by atoms with Gasteiger partial charge >= 0.3 is 0 Å². The van der Waals surface area contributed by atoms with E-state index in [4.69, 9.17) is 9.15 Å². The molecule has 0 N–H and O–H groups in total. The molecule has 1 fully saturated rings. The normalized spacial score (nSPS) is 15.3. The number of rotatable bonds is 4. The Morgan fingerprint density at radius 1 is 1.22 bits per heavy atom. The molecule has 1 saturated heterocycles. The number of hydrogen-bond donors (Lipinski definition) is 0. The molecule has 4 rings (SSSR count). The van der Waals surface area contributed by atoms with Crippen LogP contribution in [0.5, 0.6) is 5.75 Å². The Kier molecular flexibility index (Phi) is 4.81. The maximum absolute atomic E-state index is 13.2. The van der Waals surface area contributed by atoms with E-state index >= 15 is 0 Å². The topological polar surface area (TPSA) is 58.8 Å². The van der Waals surface area contributed by atoms with Crippen LogP contribution in [0.15, 0.2) is 47.1 Å². The second-order valence-electron chi connectivity index (χ2n) is 6.82. The molecule has 6 heteroatoms. The molecule has 2 aromatic heterocycles. The largest absolute Gasteiger partial charge is 0.497 e. The van der Waals surface area contributed by atoms with Crippen LogP contribution in [-0.4, -0.2) is 54.0 Å². The fourth-order valence-electron chi connectivity index (χ4n) is 3.61. The molecule has 1 aliphatic rings. The van der Waals surface area contributed by atoms with Gasteiger partial charge in [0.1, 0.15) is 17.1 Å². The van der Waals surface area contributed by atoms with Crippen LogP contribution in [-0.2, 0) is 6.54 Å². The lowest BCUT2D eigenvalue weighted by Gasteiger charge is -2.34. The minimum atomic E-state index is 0.0283. The quantitative estimate of drug-likeness (QED) is 0.711. The Morgan fingerprint density at radius 2 is 2.04 bits per heavy atom. The summed E-state index contributed by atoms with van der Waals surface area (Å²) < 4.78 is 11.1. The van der Waals surface area contributed by atoms with Gasteiger partial charge in [-0.1, -0.05) is 6.07 Å². The van der Waals surface area contributed by atoms with Crippen molar-refractivity contribution in [3.8, 4) is 5.75 Å². The number of hydrogen-bond acceptors (Lipinski definition) is 5. The third-order valence-electron chi connectivity index (χ3n) is 5.07. The van der Waals surface area contributed by atoms with E-state index in [-0.39, 0.29) is 5.91 Å². The van der Waals surface area contributed by atoms with Gasteiger partial charge in [0.05, 0.1) is 12.7 Å². The average Bonchev–Trinajstić information content (AvgIpc) is 3.03. The molecule has 0 spiro atoms. The van der Waals surface area contributed by atoms with E-state index in [1.165, 1.54) is 5.56 Å². The second kappa shape index (κ2) is 7.40. The number of pyridine rings is 1. The Hall–Kier alpha value is -2.86. The average molecular weight is 365 g/mol. The first kappa shape index (κ1) is 17.5. The summed E-state index contributed by atoms with van der Waals surface area (Å²) in [5.74, 6) is 1.40. The van der Waals surface area contributed by atoms with E-state index in [1.54, 1.807) is 13.3 Å². The smallest absolute Gasteiger partial charge is 0.258 e. The summed E-state index contributed by atoms with van der Waals surface area (Å²) in [7, 11) is 1.62. The number of aryl methyl sites for hydroxylation is 1. The first-order valence-corrected chi connectivity index (χ1v) is 9.13. The maximum atomic E-state index is 13.2. The fourth-order valence-corrected chi connectivity index (χ4v) is 3.61. The molecule has 3 heterocycles. The predicted octanol–water partition coefficient (Wildman–Crippen LogP) is 3.10. The number of methoxy groups -OCH3 is 1. The van der Waals surface area contributed by atoms with E-state index in [0.29, 0.717) is 30.0 Å². The fraction of sp³-hybridized carbons (Fsp3) is 0.333. The minimum absolute atomic E-state index is 0.0283. The van der Waals surface area contributed by atoms with E-state index in [1.807, 2.05) is 42.3 Å². The Labute approximate surface area is 158 Å². The monoisotopic (exact) mass is 365 g/mol. The lowest BCUT2D eigenvalue weighted by atomic mass is 10.1. The lowest BCUT2D eigenvalue weighted by molar-refractivity contribution is 0.0628. The van der Waals surface area contributed by atoms with Gasteiger partial charge in [0.15, 0.2) is 0 Å². The lowest BCUT2D eigenvalue weighted by Crippen LogP contribution is -2.48. The summed E-state index contributed by atoms with van der Waals surface area (Å²) in [6.07, 6.45) is 3.68. The van der Waals surface area contributed by atoms with Crippen molar-refractivity contribution < 1.29 is 13.9 Å². The predicted molar refractivity (Wildman–Crippen MR) is 103 cm³/mol. The maximum Gasteiger partial charge on any atom is 0.258 e. The molecule has 0 radical (unpaired) electrons. The van der Waals surface area contributed by atoms with Crippen LogP contribution in [0, 0.1) is 6.92 Å². The van der Waals surface area contributed by atoms with Crippen molar-refractivity contribution in [2.45, 2.75) is 13.5 Å². The van der Waals surface area contributed by atoms with E-state index in [9.17, 15) is 4.79 Å². The molecule has 27 heavy (non-hydrogen) atoms. The first-order chi connectivity index (χ1) is 13.2. The van der Waals surface area contributed by atoms with Gasteiger partial charge < -0.3 is 14.1 Å². The van der Waals surface area contributed by atoms with Crippen LogP contribution in [0.1, 0.15) is 21.7 Å². The van der Waals surface area contributed by atoms with Crippen molar-refractivity contribution in [3.63, 3.8) is 0 Å². The number of benzene rings is 1. The van der Waals surface area contributed by atoms with Gasteiger partial charge in [-0.15, -0.1) is 0 Å². The molecule has 0 atom stereocenters. The first-order valence-electron chi connectivity index (χ1n) is 9.13. The molecule has 3 aromatic rings. The third-order valence-corrected chi connectivity index (χ3v) is 5.07. The molecule has 0 aliphatic carbocycles. The number of piperazine rings is 1. The summed E-state index contributed by atoms with van der Waals surface area (Å²) in [5.41, 5.74) is 2.55. The van der Waals surface area contributed by atoms with Crippen LogP contribution < -0.4 is 4.74 Å². The third kappa shape index (κ3) is 3.53. The summed E-state index contributed by atoms with van der Waals surface area (Å²) in [6, 6.07) is 9.60. The van der Waals surface area contributed by atoms with Crippen LogP contribution in [0.2, 0.25) is 0 Å². The Morgan fingerprint density at radius 3 is 2.74 bits per heavy atom. The van der Waals surface area contributed by atoms with Crippen LogP contribution in [0.3, 0.4) is 0 Å². The SMILES string of the molecule is COc1ccc2oc(C)c(C(=O)N3CCN(Cc4cccnc4)CC3)c2c1. The number of carbonyl (C=O) groups excluding carboxylic acids is 1. The van der Waals surface area contributed by atoms with Crippen molar-refractivity contribution in [3.05, 3.63) is 59.6 Å². The number of fused-ring (bicyclic) bond motifs is 1. The molecule has 1 amide bonds. The number of amides is 1. The van der Waals surface area contributed by atoms with Gasteiger partial charge in [0.25, 0.3) is 5.91 Å². The van der Waals surface area contributed by atoms with Crippen molar-refractivity contribution in [1.29, 1.82) is 0 Å². The zero-order chi connectivity index (χ0) is 18.8. The molecular weight excluding hydrogens is 342 g/mol. The highest BCUT2D eigenvalue weighted by atomic mass is 16.5. The molecule has 1 aliphatic heterocycles.